The predicted octanol–water partition coefficient (Wildman–Crippen LogP) is 3.26. The van der Waals surface area contributed by atoms with Gasteiger partial charge in [-0.3, -0.25) is 0 Å². The molecule has 14 heavy (non-hydrogen) atoms. The van der Waals surface area contributed by atoms with Crippen LogP contribution in [0.2, 0.25) is 0 Å². The van der Waals surface area contributed by atoms with Gasteiger partial charge in [0.2, 0.25) is 0 Å². The zero-order valence-corrected chi connectivity index (χ0v) is 7.32. The van der Waals surface area contributed by atoms with E-state index in [1.54, 1.807) is 0 Å². The molecule has 5 heteroatoms. The van der Waals surface area contributed by atoms with Crippen molar-refractivity contribution >= 4 is 0 Å². The summed E-state index contributed by atoms with van der Waals surface area (Å²) >= 11 is 0. The number of rotatable bonds is 0. The Morgan fingerprint density at radius 1 is 1.50 bits per heavy atom. The lowest BCUT2D eigenvalue weighted by atomic mass is 9.90. The summed E-state index contributed by atoms with van der Waals surface area (Å²) in [5.74, 6) is -1.63. The molecule has 1 atom stereocenters. The van der Waals surface area contributed by atoms with Crippen molar-refractivity contribution in [2.75, 3.05) is 0 Å². The van der Waals surface area contributed by atoms with Crippen LogP contribution in [0, 0.1) is 17.2 Å². The molecular formula is C9H7F4N. The minimum absolute atomic E-state index is 0.402. The molecule has 0 radical (unpaired) electrons. The van der Waals surface area contributed by atoms with Crippen LogP contribution in [-0.2, 0) is 0 Å². The van der Waals surface area contributed by atoms with E-state index in [4.69, 9.17) is 5.26 Å². The molecule has 1 nitrogen and oxygen atoms in total. The van der Waals surface area contributed by atoms with E-state index < -0.39 is 35.5 Å². The second-order valence-corrected chi connectivity index (χ2v) is 3.15. The van der Waals surface area contributed by atoms with Crippen LogP contribution in [0.25, 0.3) is 0 Å². The molecule has 1 unspecified atom stereocenters. The van der Waals surface area contributed by atoms with E-state index in [1.165, 1.54) is 13.0 Å². The van der Waals surface area contributed by atoms with Crippen LogP contribution in [0.4, 0.5) is 17.6 Å². The molecule has 0 N–H and O–H groups in total. The van der Waals surface area contributed by atoms with Crippen molar-refractivity contribution in [3.8, 4) is 6.07 Å². The number of allylic oxidation sites excluding steroid dienone is 4. The van der Waals surface area contributed by atoms with Gasteiger partial charge in [-0.25, -0.2) is 4.39 Å². The fourth-order valence-electron chi connectivity index (χ4n) is 1.27. The Morgan fingerprint density at radius 2 is 2.07 bits per heavy atom. The van der Waals surface area contributed by atoms with Crippen LogP contribution in [0.3, 0.4) is 0 Å². The third kappa shape index (κ3) is 1.95. The molecule has 0 aromatic heterocycles. The molecule has 0 fully saturated rings. The van der Waals surface area contributed by atoms with Gasteiger partial charge in [0.1, 0.15) is 11.9 Å². The minimum Gasteiger partial charge on any atom is -0.210 e. The Morgan fingerprint density at radius 3 is 2.50 bits per heavy atom. The quantitative estimate of drug-likeness (QED) is 0.557. The molecule has 1 rings (SSSR count). The second kappa shape index (κ2) is 3.45. The molecule has 0 aromatic rings. The summed E-state index contributed by atoms with van der Waals surface area (Å²) in [6.07, 6.45) is -4.30. The summed E-state index contributed by atoms with van der Waals surface area (Å²) < 4.78 is 49.7. The smallest absolute Gasteiger partial charge is 0.210 e. The molecule has 0 saturated carbocycles. The lowest BCUT2D eigenvalue weighted by Gasteiger charge is -2.20. The van der Waals surface area contributed by atoms with E-state index in [0.29, 0.717) is 6.08 Å². The highest BCUT2D eigenvalue weighted by Crippen LogP contribution is 2.38. The summed E-state index contributed by atoms with van der Waals surface area (Å²) in [5.41, 5.74) is -1.36. The third-order valence-corrected chi connectivity index (χ3v) is 2.02. The van der Waals surface area contributed by atoms with E-state index in [9.17, 15) is 17.6 Å². The van der Waals surface area contributed by atoms with Crippen LogP contribution in [-0.4, -0.2) is 6.18 Å². The molecule has 0 aromatic carbocycles. The van der Waals surface area contributed by atoms with Gasteiger partial charge in [-0.2, -0.15) is 18.4 Å². The topological polar surface area (TPSA) is 23.8 Å². The van der Waals surface area contributed by atoms with Gasteiger partial charge in [-0.05, 0) is 12.5 Å². The Kier molecular flexibility index (Phi) is 2.65. The SMILES string of the molecule is CC1CC(C(F)(F)F)=CC(C#N)=C1F. The van der Waals surface area contributed by atoms with Crippen molar-refractivity contribution in [1.82, 2.24) is 0 Å². The van der Waals surface area contributed by atoms with Gasteiger partial charge in [-0.1, -0.05) is 6.92 Å². The Labute approximate surface area is 78.3 Å². The van der Waals surface area contributed by atoms with E-state index in [1.807, 2.05) is 0 Å². The molecule has 0 heterocycles. The fourth-order valence-corrected chi connectivity index (χ4v) is 1.27. The summed E-state index contributed by atoms with van der Waals surface area (Å²) in [5, 5.41) is 8.40. The lowest BCUT2D eigenvalue weighted by Crippen LogP contribution is -2.18. The maximum Gasteiger partial charge on any atom is 0.412 e. The van der Waals surface area contributed by atoms with Crippen molar-refractivity contribution in [2.24, 2.45) is 5.92 Å². The number of halogens is 4. The molecule has 0 amide bonds. The summed E-state index contributed by atoms with van der Waals surface area (Å²) in [4.78, 5) is 0. The van der Waals surface area contributed by atoms with Gasteiger partial charge in [0.15, 0.2) is 0 Å². The van der Waals surface area contributed by atoms with Crippen LogP contribution in [0.5, 0.6) is 0 Å². The Hall–Kier alpha value is -1.31. The molecule has 0 spiro atoms. The fraction of sp³-hybridized carbons (Fsp3) is 0.444. The van der Waals surface area contributed by atoms with Crippen LogP contribution in [0.15, 0.2) is 23.0 Å². The Bertz CT molecular complexity index is 343. The maximum atomic E-state index is 13.0. The number of nitriles is 1. The number of hydrogen-bond acceptors (Lipinski definition) is 1. The number of alkyl halides is 3. The van der Waals surface area contributed by atoms with Gasteiger partial charge in [-0.15, -0.1) is 0 Å². The summed E-state index contributed by atoms with van der Waals surface area (Å²) in [6.45, 7) is 1.32. The lowest BCUT2D eigenvalue weighted by molar-refractivity contribution is -0.0953. The summed E-state index contributed by atoms with van der Waals surface area (Å²) in [7, 11) is 0. The molecule has 0 aliphatic heterocycles. The Balaban J connectivity index is 3.12. The van der Waals surface area contributed by atoms with Crippen LogP contribution in [0.1, 0.15) is 13.3 Å². The van der Waals surface area contributed by atoms with Crippen molar-refractivity contribution < 1.29 is 17.6 Å². The first kappa shape index (κ1) is 10.8. The van der Waals surface area contributed by atoms with Gasteiger partial charge in [0.05, 0.1) is 5.57 Å². The molecular weight excluding hydrogens is 198 g/mol. The molecule has 0 saturated heterocycles. The van der Waals surface area contributed by atoms with E-state index >= 15 is 0 Å². The largest absolute Gasteiger partial charge is 0.412 e. The van der Waals surface area contributed by atoms with E-state index in [2.05, 4.69) is 0 Å². The molecule has 0 bridgehead atoms. The maximum absolute atomic E-state index is 13.0. The molecule has 1 aliphatic rings. The number of nitrogens with zero attached hydrogens (tertiary/aromatic N) is 1. The van der Waals surface area contributed by atoms with Gasteiger partial charge < -0.3 is 0 Å². The molecule has 1 aliphatic carbocycles. The minimum atomic E-state index is -4.48. The van der Waals surface area contributed by atoms with Gasteiger partial charge >= 0.3 is 6.18 Å². The highest BCUT2D eigenvalue weighted by atomic mass is 19.4. The second-order valence-electron chi connectivity index (χ2n) is 3.15. The van der Waals surface area contributed by atoms with Crippen LogP contribution >= 0.6 is 0 Å². The van der Waals surface area contributed by atoms with Crippen molar-refractivity contribution in [3.05, 3.63) is 23.0 Å². The average Bonchev–Trinajstić information content (AvgIpc) is 2.07. The third-order valence-electron chi connectivity index (χ3n) is 2.02. The zero-order chi connectivity index (χ0) is 10.9. The zero-order valence-electron chi connectivity index (χ0n) is 7.32. The monoisotopic (exact) mass is 205 g/mol. The first-order chi connectivity index (χ1) is 6.36. The van der Waals surface area contributed by atoms with Crippen LogP contribution < -0.4 is 0 Å². The average molecular weight is 205 g/mol. The van der Waals surface area contributed by atoms with Crippen molar-refractivity contribution in [3.63, 3.8) is 0 Å². The van der Waals surface area contributed by atoms with Gasteiger partial charge in [0.25, 0.3) is 0 Å². The van der Waals surface area contributed by atoms with Crippen molar-refractivity contribution in [1.29, 1.82) is 5.26 Å². The van der Waals surface area contributed by atoms with Crippen molar-refractivity contribution in [2.45, 2.75) is 19.5 Å². The normalized spacial score (nSPS) is 23.1. The van der Waals surface area contributed by atoms with E-state index in [0.717, 1.165) is 0 Å². The highest BCUT2D eigenvalue weighted by Gasteiger charge is 2.37. The highest BCUT2D eigenvalue weighted by molar-refractivity contribution is 5.42. The first-order valence-corrected chi connectivity index (χ1v) is 3.93. The van der Waals surface area contributed by atoms with Gasteiger partial charge in [0, 0.05) is 11.5 Å². The first-order valence-electron chi connectivity index (χ1n) is 3.93. The number of hydrogen-bond donors (Lipinski definition) is 0. The standard InChI is InChI=1S/C9H7F4N/c1-5-2-7(9(11,12)13)3-6(4-14)8(5)10/h3,5H,2H2,1H3. The van der Waals surface area contributed by atoms with E-state index in [-0.39, 0.29) is 0 Å². The summed E-state index contributed by atoms with van der Waals surface area (Å²) in [6, 6.07) is 1.41. The predicted molar refractivity (Wildman–Crippen MR) is 41.7 cm³/mol. The molecule has 76 valence electrons.